The Labute approximate surface area is 176 Å². The average Bonchev–Trinajstić information content (AvgIpc) is 3.13. The lowest BCUT2D eigenvalue weighted by Gasteiger charge is -2.11. The topological polar surface area (TPSA) is 83.6 Å². The van der Waals surface area contributed by atoms with Crippen LogP contribution in [0, 0.1) is 11.3 Å². The van der Waals surface area contributed by atoms with Gasteiger partial charge in [-0.15, -0.1) is 11.3 Å². The van der Waals surface area contributed by atoms with Crippen molar-refractivity contribution in [3.05, 3.63) is 28.4 Å². The zero-order valence-electron chi connectivity index (χ0n) is 18.1. The number of pyridine rings is 1. The maximum atomic E-state index is 12.7. The minimum absolute atomic E-state index is 0.0479. The maximum Gasteiger partial charge on any atom is 0.271 e. The number of hydrogen-bond donors (Lipinski definition) is 1. The monoisotopic (exact) mass is 413 g/mol. The zero-order chi connectivity index (χ0) is 21.4. The molecular formula is C22H31N5OS. The van der Waals surface area contributed by atoms with Crippen LogP contribution < -0.4 is 10.9 Å². The Balaban J connectivity index is 0.000000438. The molecule has 1 atom stereocenters. The van der Waals surface area contributed by atoms with Gasteiger partial charge in [-0.05, 0) is 20.3 Å². The van der Waals surface area contributed by atoms with Gasteiger partial charge in [-0.3, -0.25) is 9.36 Å². The van der Waals surface area contributed by atoms with Crippen LogP contribution in [0.1, 0.15) is 78.3 Å². The van der Waals surface area contributed by atoms with E-state index in [1.54, 1.807) is 17.1 Å². The van der Waals surface area contributed by atoms with Crippen LogP contribution in [0.15, 0.2) is 17.3 Å². The molecule has 0 bridgehead atoms. The van der Waals surface area contributed by atoms with E-state index in [-0.39, 0.29) is 11.6 Å². The van der Waals surface area contributed by atoms with Crippen molar-refractivity contribution in [1.82, 2.24) is 14.5 Å². The van der Waals surface area contributed by atoms with E-state index >= 15 is 0 Å². The predicted molar refractivity (Wildman–Crippen MR) is 123 cm³/mol. The van der Waals surface area contributed by atoms with Crippen LogP contribution in [0.3, 0.4) is 0 Å². The largest absolute Gasteiger partial charge is 0.384 e. The van der Waals surface area contributed by atoms with E-state index in [4.69, 9.17) is 0 Å². The van der Waals surface area contributed by atoms with E-state index in [9.17, 15) is 10.1 Å². The highest BCUT2D eigenvalue weighted by Gasteiger charge is 2.19. The number of unbranched alkanes of at least 4 members (excludes halogenated alkanes) is 3. The molecule has 0 saturated carbocycles. The molecule has 3 heterocycles. The highest BCUT2D eigenvalue weighted by Crippen LogP contribution is 2.36. The number of thiophene rings is 1. The summed E-state index contributed by atoms with van der Waals surface area (Å²) in [5.74, 6) is 0. The van der Waals surface area contributed by atoms with Crippen molar-refractivity contribution in [2.24, 2.45) is 0 Å². The molecule has 0 spiro atoms. The van der Waals surface area contributed by atoms with Crippen LogP contribution in [0.4, 0.5) is 5.69 Å². The maximum absolute atomic E-state index is 12.7. The number of nitrogens with one attached hydrogen (secondary N) is 1. The van der Waals surface area contributed by atoms with E-state index in [1.165, 1.54) is 37.0 Å². The van der Waals surface area contributed by atoms with Gasteiger partial charge in [0.05, 0.1) is 23.0 Å². The second kappa shape index (κ2) is 10.9. The number of fused-ring (bicyclic) bond motifs is 3. The van der Waals surface area contributed by atoms with Gasteiger partial charge in [0.1, 0.15) is 21.1 Å². The van der Waals surface area contributed by atoms with Crippen molar-refractivity contribution in [3.8, 4) is 6.07 Å². The van der Waals surface area contributed by atoms with Gasteiger partial charge in [0.25, 0.3) is 5.56 Å². The molecule has 3 aromatic heterocycles. The summed E-state index contributed by atoms with van der Waals surface area (Å²) in [6.45, 7) is 11.1. The Kier molecular flexibility index (Phi) is 8.59. The molecule has 0 aliphatic heterocycles. The SMILES string of the molecule is CCCCCC.CCNc1c(C#N)cnc2sc3c(=O)n(C(C)CC)cnc3c12. The van der Waals surface area contributed by atoms with Gasteiger partial charge >= 0.3 is 0 Å². The van der Waals surface area contributed by atoms with Gasteiger partial charge in [0.15, 0.2) is 0 Å². The zero-order valence-corrected chi connectivity index (χ0v) is 18.9. The van der Waals surface area contributed by atoms with Crippen LogP contribution in [0.25, 0.3) is 20.4 Å². The fraction of sp³-hybridized carbons (Fsp3) is 0.545. The minimum Gasteiger partial charge on any atom is -0.384 e. The quantitative estimate of drug-likeness (QED) is 0.490. The van der Waals surface area contributed by atoms with Crippen LogP contribution in [-0.2, 0) is 0 Å². The molecule has 0 radical (unpaired) electrons. The molecule has 1 N–H and O–H groups in total. The summed E-state index contributed by atoms with van der Waals surface area (Å²) < 4.78 is 2.25. The van der Waals surface area contributed by atoms with Gasteiger partial charge in [-0.1, -0.05) is 46.5 Å². The van der Waals surface area contributed by atoms with Gasteiger partial charge in [-0.2, -0.15) is 5.26 Å². The van der Waals surface area contributed by atoms with Gasteiger partial charge in [-0.25, -0.2) is 9.97 Å². The Bertz CT molecular complexity index is 1040. The summed E-state index contributed by atoms with van der Waals surface area (Å²) in [7, 11) is 0. The Morgan fingerprint density at radius 3 is 2.45 bits per heavy atom. The van der Waals surface area contributed by atoms with Crippen molar-refractivity contribution in [1.29, 1.82) is 5.26 Å². The van der Waals surface area contributed by atoms with Crippen LogP contribution >= 0.6 is 11.3 Å². The smallest absolute Gasteiger partial charge is 0.271 e. The molecule has 156 valence electrons. The first-order chi connectivity index (χ1) is 14.0. The van der Waals surface area contributed by atoms with E-state index in [0.29, 0.717) is 28.0 Å². The molecule has 0 aromatic carbocycles. The lowest BCUT2D eigenvalue weighted by Crippen LogP contribution is -2.22. The third-order valence-corrected chi connectivity index (χ3v) is 6.01. The van der Waals surface area contributed by atoms with Crippen molar-refractivity contribution in [2.75, 3.05) is 11.9 Å². The average molecular weight is 414 g/mol. The third kappa shape index (κ3) is 4.94. The summed E-state index contributed by atoms with van der Waals surface area (Å²) >= 11 is 1.33. The molecule has 1 unspecified atom stereocenters. The van der Waals surface area contributed by atoms with Crippen LogP contribution in [0.5, 0.6) is 0 Å². The summed E-state index contributed by atoms with van der Waals surface area (Å²) in [5.41, 5.74) is 1.75. The second-order valence-corrected chi connectivity index (χ2v) is 8.07. The Morgan fingerprint density at radius 1 is 1.21 bits per heavy atom. The van der Waals surface area contributed by atoms with Gasteiger partial charge < -0.3 is 5.32 Å². The first-order valence-corrected chi connectivity index (χ1v) is 11.3. The Morgan fingerprint density at radius 2 is 1.90 bits per heavy atom. The standard InChI is InChI=1S/C16H17N5OS.C6H14/c1-4-9(3)21-8-20-13-11-12(18-5-2)10(6-17)7-19-15(11)23-14(13)16(21)22;1-3-5-6-4-2/h7-9H,4-5H2,1-3H3,(H,18,19);3-6H2,1-2H3. The summed E-state index contributed by atoms with van der Waals surface area (Å²) in [6, 6.07) is 2.25. The number of hydrogen-bond acceptors (Lipinski definition) is 6. The molecule has 0 fully saturated rings. The third-order valence-electron chi connectivity index (χ3n) is 4.93. The second-order valence-electron chi connectivity index (χ2n) is 7.07. The fourth-order valence-corrected chi connectivity index (χ4v) is 4.11. The summed E-state index contributed by atoms with van der Waals surface area (Å²) in [4.78, 5) is 22.3. The normalized spacial score (nSPS) is 11.7. The van der Waals surface area contributed by atoms with Crippen molar-refractivity contribution in [2.45, 2.75) is 72.8 Å². The molecule has 7 heteroatoms. The van der Waals surface area contributed by atoms with Crippen molar-refractivity contribution >= 4 is 37.5 Å². The van der Waals surface area contributed by atoms with Crippen LogP contribution in [-0.4, -0.2) is 21.1 Å². The molecule has 0 amide bonds. The molecule has 3 aromatic rings. The number of rotatable bonds is 7. The van der Waals surface area contributed by atoms with Crippen LogP contribution in [0.2, 0.25) is 0 Å². The summed E-state index contributed by atoms with van der Waals surface area (Å²) in [5, 5.41) is 13.3. The number of aromatic nitrogens is 3. The molecule has 0 aliphatic carbocycles. The van der Waals surface area contributed by atoms with Crippen molar-refractivity contribution in [3.63, 3.8) is 0 Å². The fourth-order valence-electron chi connectivity index (χ4n) is 3.06. The summed E-state index contributed by atoms with van der Waals surface area (Å²) in [6.07, 6.45) is 9.54. The molecule has 6 nitrogen and oxygen atoms in total. The lowest BCUT2D eigenvalue weighted by molar-refractivity contribution is 0.511. The van der Waals surface area contributed by atoms with E-state index in [1.807, 2.05) is 20.8 Å². The van der Waals surface area contributed by atoms with Gasteiger partial charge in [0, 0.05) is 18.8 Å². The van der Waals surface area contributed by atoms with E-state index < -0.39 is 0 Å². The first kappa shape index (κ1) is 22.8. The lowest BCUT2D eigenvalue weighted by atomic mass is 10.1. The van der Waals surface area contributed by atoms with E-state index in [2.05, 4.69) is 35.2 Å². The highest BCUT2D eigenvalue weighted by molar-refractivity contribution is 7.25. The minimum atomic E-state index is -0.0479. The van der Waals surface area contributed by atoms with E-state index in [0.717, 1.165) is 16.6 Å². The Hall–Kier alpha value is -2.46. The van der Waals surface area contributed by atoms with Gasteiger partial charge in [0.2, 0.25) is 0 Å². The molecule has 0 aliphatic rings. The molecule has 29 heavy (non-hydrogen) atoms. The number of nitriles is 1. The number of anilines is 1. The predicted octanol–water partition coefficient (Wildman–Crippen LogP) is 5.87. The number of nitrogens with zero attached hydrogens (tertiary/aromatic N) is 4. The molecule has 3 rings (SSSR count). The highest BCUT2D eigenvalue weighted by atomic mass is 32.1. The van der Waals surface area contributed by atoms with Crippen molar-refractivity contribution < 1.29 is 0 Å². The first-order valence-electron chi connectivity index (χ1n) is 10.5. The molecular weight excluding hydrogens is 382 g/mol. The molecule has 0 saturated heterocycles.